The van der Waals surface area contributed by atoms with Crippen LogP contribution in [-0.2, 0) is 16.1 Å². The first-order chi connectivity index (χ1) is 30.2. The lowest BCUT2D eigenvalue weighted by Gasteiger charge is -2.45. The van der Waals surface area contributed by atoms with Gasteiger partial charge in [-0.25, -0.2) is 0 Å². The maximum atomic E-state index is 13.4. The van der Waals surface area contributed by atoms with Gasteiger partial charge in [-0.05, 0) is 101 Å². The van der Waals surface area contributed by atoms with Crippen LogP contribution in [-0.4, -0.2) is 107 Å². The minimum absolute atomic E-state index is 0.0802. The standard InChI is InChI=1S/C46H54ClN7O8S/c1-24-17-37(63-4)34(42(57)49-24)20-48-41(56)32-19-35(47)40-39(25(32)2)61-46(3,62-40)27-5-7-28(8-6-27)50-29-22-52(23-29)21-26-13-15-53(16-14-26)30-9-10-31-33(18-30)45(60)54(44(31)59)36-11-12-38(55)51-43(36)58/h9-10,17-19,26-29,36,50H,5-8,11-16,20-23H2,1-4H3,(H,48,56)(H,49,57)(H,51,55,58). The number of carbonyl (C=O) groups is 5. The van der Waals surface area contributed by atoms with Crippen LogP contribution < -0.4 is 35.9 Å². The highest BCUT2D eigenvalue weighted by atomic mass is 35.5. The number of aromatic amines is 1. The molecule has 5 amide bonds. The van der Waals surface area contributed by atoms with E-state index < -0.39 is 35.5 Å². The number of thioether (sulfide) groups is 1. The van der Waals surface area contributed by atoms with Crippen LogP contribution in [0.4, 0.5) is 5.69 Å². The fourth-order valence-electron chi connectivity index (χ4n) is 10.4. The van der Waals surface area contributed by atoms with Gasteiger partial charge in [0.25, 0.3) is 29.1 Å². The molecule has 1 aliphatic carbocycles. The van der Waals surface area contributed by atoms with Gasteiger partial charge in [0.15, 0.2) is 11.5 Å². The van der Waals surface area contributed by atoms with E-state index in [1.807, 2.05) is 39.2 Å². The Kier molecular flexibility index (Phi) is 11.9. The summed E-state index contributed by atoms with van der Waals surface area (Å²) in [4.78, 5) is 86.1. The summed E-state index contributed by atoms with van der Waals surface area (Å²) in [5.74, 6) is -1.53. The number of carbonyl (C=O) groups excluding carboxylic acids is 5. The molecule has 15 nitrogen and oxygen atoms in total. The van der Waals surface area contributed by atoms with E-state index >= 15 is 0 Å². The average molecular weight is 900 g/mol. The molecule has 334 valence electrons. The van der Waals surface area contributed by atoms with Crippen LogP contribution in [0.1, 0.15) is 106 Å². The van der Waals surface area contributed by atoms with Gasteiger partial charge in [0, 0.05) is 104 Å². The third-order valence-electron chi connectivity index (χ3n) is 14.0. The van der Waals surface area contributed by atoms with Crippen molar-refractivity contribution >= 4 is 58.6 Å². The minimum atomic E-state index is -0.971. The van der Waals surface area contributed by atoms with Gasteiger partial charge in [-0.2, -0.15) is 0 Å². The van der Waals surface area contributed by atoms with Crippen LogP contribution in [0.2, 0.25) is 5.02 Å². The van der Waals surface area contributed by atoms with Crippen molar-refractivity contribution < 1.29 is 33.4 Å². The number of benzene rings is 2. The van der Waals surface area contributed by atoms with Crippen molar-refractivity contribution in [3.8, 4) is 11.5 Å². The lowest BCUT2D eigenvalue weighted by Crippen LogP contribution is -2.61. The zero-order valence-electron chi connectivity index (χ0n) is 36.1. The number of ether oxygens (including phenoxy) is 2. The lowest BCUT2D eigenvalue weighted by atomic mass is 9.81. The van der Waals surface area contributed by atoms with E-state index in [0.717, 1.165) is 92.4 Å². The van der Waals surface area contributed by atoms with Crippen molar-refractivity contribution in [2.75, 3.05) is 43.9 Å². The van der Waals surface area contributed by atoms with E-state index in [4.69, 9.17) is 21.1 Å². The van der Waals surface area contributed by atoms with Gasteiger partial charge in [0.2, 0.25) is 11.8 Å². The quantitative estimate of drug-likeness (QED) is 0.151. The van der Waals surface area contributed by atoms with E-state index in [9.17, 15) is 28.8 Å². The SMILES string of the molecule is CSc1cc(C)[nH]c(=O)c1CNC(=O)c1cc(Cl)c2c(c1C)OC(C)(C1CCC(NC3CN(CC4CCN(c5ccc6c(c5)C(=O)N(C5CCC(=O)NC5=O)C6=O)CC4)C3)CC1)O2. The van der Waals surface area contributed by atoms with Crippen LogP contribution in [0.3, 0.4) is 0 Å². The van der Waals surface area contributed by atoms with Crippen molar-refractivity contribution in [3.63, 3.8) is 0 Å². The number of anilines is 1. The Morgan fingerprint density at radius 3 is 2.33 bits per heavy atom. The summed E-state index contributed by atoms with van der Waals surface area (Å²) in [5, 5.41) is 9.37. The number of aromatic nitrogens is 1. The molecule has 0 radical (unpaired) electrons. The summed E-state index contributed by atoms with van der Waals surface area (Å²) in [6.45, 7) is 10.5. The maximum absolute atomic E-state index is 13.4. The van der Waals surface area contributed by atoms with Gasteiger partial charge in [0.1, 0.15) is 6.04 Å². The number of rotatable bonds is 11. The van der Waals surface area contributed by atoms with Crippen LogP contribution in [0.15, 0.2) is 40.0 Å². The van der Waals surface area contributed by atoms with Crippen LogP contribution >= 0.6 is 23.4 Å². The second-order valence-corrected chi connectivity index (χ2v) is 19.4. The number of hydrogen-bond donors (Lipinski definition) is 4. The Morgan fingerprint density at radius 1 is 0.905 bits per heavy atom. The molecule has 6 heterocycles. The summed E-state index contributed by atoms with van der Waals surface area (Å²) in [6, 6.07) is 8.78. The Morgan fingerprint density at radius 2 is 1.62 bits per heavy atom. The number of piperidine rings is 2. The molecule has 2 aromatic carbocycles. The summed E-state index contributed by atoms with van der Waals surface area (Å²) >= 11 is 8.20. The number of imide groups is 2. The second kappa shape index (κ2) is 17.2. The van der Waals surface area contributed by atoms with E-state index in [2.05, 4.69) is 30.7 Å². The highest BCUT2D eigenvalue weighted by Gasteiger charge is 2.48. The zero-order valence-corrected chi connectivity index (χ0v) is 37.6. The number of nitrogens with one attached hydrogen (secondary N) is 4. The zero-order chi connectivity index (χ0) is 44.3. The molecule has 9 rings (SSSR count). The number of aryl methyl sites for hydroxylation is 1. The van der Waals surface area contributed by atoms with Crippen molar-refractivity contribution in [2.24, 2.45) is 11.8 Å². The number of amides is 5. The van der Waals surface area contributed by atoms with Crippen LogP contribution in [0, 0.1) is 25.7 Å². The van der Waals surface area contributed by atoms with Gasteiger partial charge < -0.3 is 30.0 Å². The molecule has 3 aromatic rings. The predicted molar refractivity (Wildman–Crippen MR) is 238 cm³/mol. The van der Waals surface area contributed by atoms with E-state index in [1.54, 1.807) is 18.2 Å². The van der Waals surface area contributed by atoms with Crippen molar-refractivity contribution in [2.45, 2.75) is 107 Å². The molecule has 1 saturated carbocycles. The van der Waals surface area contributed by atoms with Crippen molar-refractivity contribution in [1.82, 2.24) is 30.7 Å². The third-order valence-corrected chi connectivity index (χ3v) is 15.1. The molecular weight excluding hydrogens is 846 g/mol. The molecule has 17 heteroatoms. The number of H-pyrrole nitrogens is 1. The fourth-order valence-corrected chi connectivity index (χ4v) is 11.3. The summed E-state index contributed by atoms with van der Waals surface area (Å²) in [5.41, 5.74) is 3.59. The molecular formula is C46H54ClN7O8S. The van der Waals surface area contributed by atoms with Gasteiger partial charge in [0.05, 0.1) is 16.1 Å². The summed E-state index contributed by atoms with van der Waals surface area (Å²) in [6.07, 6.45) is 8.07. The molecule has 6 aliphatic rings. The minimum Gasteiger partial charge on any atom is -0.448 e. The number of fused-ring (bicyclic) bond motifs is 2. The highest BCUT2D eigenvalue weighted by Crippen LogP contribution is 2.51. The first-order valence-corrected chi connectivity index (χ1v) is 23.6. The summed E-state index contributed by atoms with van der Waals surface area (Å²) < 4.78 is 13.0. The topological polar surface area (TPSA) is 182 Å². The monoisotopic (exact) mass is 899 g/mol. The highest BCUT2D eigenvalue weighted by molar-refractivity contribution is 7.98. The fraction of sp³-hybridized carbons (Fsp3) is 0.522. The average Bonchev–Trinajstić information content (AvgIpc) is 3.75. The molecule has 63 heavy (non-hydrogen) atoms. The molecule has 0 bridgehead atoms. The van der Waals surface area contributed by atoms with Crippen molar-refractivity contribution in [3.05, 3.63) is 79.2 Å². The number of pyridine rings is 1. The first-order valence-electron chi connectivity index (χ1n) is 22.0. The molecule has 5 aliphatic heterocycles. The van der Waals surface area contributed by atoms with E-state index in [1.165, 1.54) is 11.8 Å². The number of likely N-dealkylation sites (tertiary alicyclic amines) is 1. The van der Waals surface area contributed by atoms with Crippen LogP contribution in [0.25, 0.3) is 0 Å². The lowest BCUT2D eigenvalue weighted by molar-refractivity contribution is -0.136. The van der Waals surface area contributed by atoms with Gasteiger partial charge in [-0.3, -0.25) is 43.9 Å². The first kappa shape index (κ1) is 43.4. The largest absolute Gasteiger partial charge is 0.448 e. The molecule has 0 spiro atoms. The van der Waals surface area contributed by atoms with E-state index in [0.29, 0.717) is 62.3 Å². The van der Waals surface area contributed by atoms with Crippen molar-refractivity contribution in [1.29, 1.82) is 0 Å². The molecule has 4 fully saturated rings. The Labute approximate surface area is 375 Å². The molecule has 2 unspecified atom stereocenters. The number of hydrogen-bond acceptors (Lipinski definition) is 12. The maximum Gasteiger partial charge on any atom is 0.262 e. The van der Waals surface area contributed by atoms with Crippen LogP contribution in [0.5, 0.6) is 11.5 Å². The smallest absolute Gasteiger partial charge is 0.262 e. The Hall–Kier alpha value is -4.90. The molecule has 1 aromatic heterocycles. The number of nitrogens with zero attached hydrogens (tertiary/aromatic N) is 3. The molecule has 4 N–H and O–H groups in total. The Bertz CT molecular complexity index is 2440. The van der Waals surface area contributed by atoms with Gasteiger partial charge in [-0.1, -0.05) is 11.6 Å². The third kappa shape index (κ3) is 8.35. The molecule has 2 atom stereocenters. The normalized spacial score (nSPS) is 25.3. The van der Waals surface area contributed by atoms with E-state index in [-0.39, 0.29) is 36.8 Å². The summed E-state index contributed by atoms with van der Waals surface area (Å²) in [7, 11) is 0. The van der Waals surface area contributed by atoms with Gasteiger partial charge >= 0.3 is 0 Å². The number of halogens is 1. The molecule has 3 saturated heterocycles. The predicted octanol–water partition coefficient (Wildman–Crippen LogP) is 4.93. The Balaban J connectivity index is 0.711. The van der Waals surface area contributed by atoms with Gasteiger partial charge in [-0.15, -0.1) is 11.8 Å². The second-order valence-electron chi connectivity index (χ2n) is 18.2.